The highest BCUT2D eigenvalue weighted by molar-refractivity contribution is 14.1. The number of amides is 4. The number of anilines is 2. The van der Waals surface area contributed by atoms with Gasteiger partial charge in [-0.25, -0.2) is 4.90 Å². The van der Waals surface area contributed by atoms with Gasteiger partial charge in [0.05, 0.1) is 10.9 Å². The van der Waals surface area contributed by atoms with Gasteiger partial charge >= 0.3 is 0 Å². The van der Waals surface area contributed by atoms with Crippen LogP contribution in [0.2, 0.25) is 0 Å². The Balaban J connectivity index is 1.30. The van der Waals surface area contributed by atoms with Crippen molar-refractivity contribution in [3.05, 3.63) is 116 Å². The number of carbonyl (C=O) groups is 4. The molecule has 0 bridgehead atoms. The molecule has 1 saturated heterocycles. The molecule has 2 N–H and O–H groups in total. The van der Waals surface area contributed by atoms with E-state index in [-0.39, 0.29) is 23.9 Å². The van der Waals surface area contributed by atoms with Gasteiger partial charge in [-0.05, 0) is 94.7 Å². The molecule has 1 atom stereocenters. The Morgan fingerprint density at radius 2 is 1.73 bits per heavy atom. The number of carbonyl (C=O) groups excluding carboxylic acids is 4. The van der Waals surface area contributed by atoms with Crippen molar-refractivity contribution < 1.29 is 19.2 Å². The van der Waals surface area contributed by atoms with Crippen LogP contribution < -0.4 is 15.5 Å². The van der Waals surface area contributed by atoms with Crippen molar-refractivity contribution in [1.29, 1.82) is 0 Å². The molecule has 40 heavy (non-hydrogen) atoms. The summed E-state index contributed by atoms with van der Waals surface area (Å²) in [4.78, 5) is 54.6. The minimum absolute atomic E-state index is 0.0886. The lowest BCUT2D eigenvalue weighted by Gasteiger charge is -2.15. The summed E-state index contributed by atoms with van der Waals surface area (Å²) in [7, 11) is 0. The maximum Gasteiger partial charge on any atom is 0.272 e. The predicted molar refractivity (Wildman–Crippen MR) is 167 cm³/mol. The fourth-order valence-electron chi connectivity index (χ4n) is 4.03. The monoisotopic (exact) mass is 679 g/mol. The molecule has 7 nitrogen and oxygen atoms in total. The minimum atomic E-state index is -0.572. The van der Waals surface area contributed by atoms with E-state index in [0.717, 1.165) is 13.3 Å². The summed E-state index contributed by atoms with van der Waals surface area (Å²) in [6.45, 7) is 0. The molecule has 1 aromatic heterocycles. The van der Waals surface area contributed by atoms with E-state index in [1.165, 1.54) is 28.0 Å². The lowest BCUT2D eigenvalue weighted by Crippen LogP contribution is -2.31. The Kier molecular flexibility index (Phi) is 8.78. The Hall–Kier alpha value is -3.74. The molecule has 1 unspecified atom stereocenters. The number of nitrogens with zero attached hydrogens (tertiary/aromatic N) is 1. The van der Waals surface area contributed by atoms with Crippen LogP contribution in [0.15, 0.2) is 107 Å². The van der Waals surface area contributed by atoms with Crippen LogP contribution in [0.1, 0.15) is 21.7 Å². The second kappa shape index (κ2) is 12.6. The summed E-state index contributed by atoms with van der Waals surface area (Å²) < 4.78 is 1.01. The third kappa shape index (κ3) is 6.69. The maximum atomic E-state index is 13.3. The first kappa shape index (κ1) is 27.8. The molecule has 3 aromatic carbocycles. The van der Waals surface area contributed by atoms with Gasteiger partial charge in [0.1, 0.15) is 5.70 Å². The van der Waals surface area contributed by atoms with Crippen molar-refractivity contribution >= 4 is 86.8 Å². The summed E-state index contributed by atoms with van der Waals surface area (Å²) in [5.41, 5.74) is 1.58. The number of imide groups is 1. The van der Waals surface area contributed by atoms with E-state index in [2.05, 4.69) is 33.2 Å². The molecule has 200 valence electrons. The lowest BCUT2D eigenvalue weighted by atomic mass is 10.2. The molecule has 1 aliphatic rings. The zero-order chi connectivity index (χ0) is 28.1. The van der Waals surface area contributed by atoms with Crippen LogP contribution in [0.4, 0.5) is 11.4 Å². The Morgan fingerprint density at radius 3 is 2.45 bits per heavy atom. The number of thiophene rings is 1. The zero-order valence-corrected chi connectivity index (χ0v) is 24.7. The van der Waals surface area contributed by atoms with E-state index in [1.807, 2.05) is 41.8 Å². The van der Waals surface area contributed by atoms with Crippen LogP contribution >= 0.6 is 45.7 Å². The van der Waals surface area contributed by atoms with Crippen LogP contribution in [0.3, 0.4) is 0 Å². The van der Waals surface area contributed by atoms with Gasteiger partial charge in [0.15, 0.2) is 0 Å². The first-order valence-electron chi connectivity index (χ1n) is 12.2. The molecular weight excluding hydrogens is 657 g/mol. The number of hydrogen-bond acceptors (Lipinski definition) is 6. The number of hydrogen-bond donors (Lipinski definition) is 2. The van der Waals surface area contributed by atoms with Crippen molar-refractivity contribution in [1.82, 2.24) is 5.32 Å². The average molecular weight is 680 g/mol. The molecule has 4 amide bonds. The molecule has 1 fully saturated rings. The van der Waals surface area contributed by atoms with Gasteiger partial charge in [0.25, 0.3) is 11.8 Å². The van der Waals surface area contributed by atoms with E-state index in [1.54, 1.807) is 60.7 Å². The highest BCUT2D eigenvalue weighted by Crippen LogP contribution is 2.35. The smallest absolute Gasteiger partial charge is 0.272 e. The molecular formula is C30H22IN3O4S2. The normalized spacial score (nSPS) is 15.3. The molecule has 0 aliphatic carbocycles. The van der Waals surface area contributed by atoms with Crippen LogP contribution in [-0.2, 0) is 14.4 Å². The second-order valence-corrected chi connectivity index (χ2v) is 12.2. The first-order valence-corrected chi connectivity index (χ1v) is 15.0. The van der Waals surface area contributed by atoms with Crippen LogP contribution in [-0.4, -0.2) is 28.9 Å². The quantitative estimate of drug-likeness (QED) is 0.132. The van der Waals surface area contributed by atoms with Crippen molar-refractivity contribution in [2.24, 2.45) is 0 Å². The topological polar surface area (TPSA) is 95.6 Å². The molecule has 2 heterocycles. The van der Waals surface area contributed by atoms with Gasteiger partial charge in [0.2, 0.25) is 11.8 Å². The molecule has 10 heteroatoms. The van der Waals surface area contributed by atoms with Crippen molar-refractivity contribution in [2.75, 3.05) is 10.2 Å². The van der Waals surface area contributed by atoms with Gasteiger partial charge in [-0.3, -0.25) is 19.2 Å². The summed E-state index contributed by atoms with van der Waals surface area (Å²) in [6.07, 6.45) is 1.72. The Bertz CT molecular complexity index is 1590. The Morgan fingerprint density at radius 1 is 0.950 bits per heavy atom. The van der Waals surface area contributed by atoms with Crippen LogP contribution in [0.25, 0.3) is 6.08 Å². The van der Waals surface area contributed by atoms with Crippen LogP contribution in [0, 0.1) is 3.57 Å². The minimum Gasteiger partial charge on any atom is -0.321 e. The van der Waals surface area contributed by atoms with E-state index in [4.69, 9.17) is 0 Å². The van der Waals surface area contributed by atoms with Gasteiger partial charge in [-0.15, -0.1) is 23.1 Å². The van der Waals surface area contributed by atoms with Gasteiger partial charge < -0.3 is 10.6 Å². The second-order valence-electron chi connectivity index (χ2n) is 8.73. The van der Waals surface area contributed by atoms with E-state index >= 15 is 0 Å². The van der Waals surface area contributed by atoms with E-state index < -0.39 is 17.1 Å². The lowest BCUT2D eigenvalue weighted by molar-refractivity contribution is -0.121. The predicted octanol–water partition coefficient (Wildman–Crippen LogP) is 6.19. The van der Waals surface area contributed by atoms with Gasteiger partial charge in [-0.1, -0.05) is 30.3 Å². The number of benzene rings is 3. The standard InChI is InChI=1S/C30H22IN3O4S2/c31-20-11-13-22(14-12-20)34-27(35)18-26(30(34)38)40-24-9-4-8-21(16-24)32-29(37)25(17-23-10-5-15-39-23)33-28(36)19-6-2-1-3-7-19/h1-17,26H,18H2,(H,32,37)(H,33,36)/b25-17-. The Labute approximate surface area is 252 Å². The first-order chi connectivity index (χ1) is 19.4. The molecule has 0 radical (unpaired) electrons. The third-order valence-corrected chi connectivity index (χ3v) is 8.64. The number of nitrogens with one attached hydrogen (secondary N) is 2. The van der Waals surface area contributed by atoms with Crippen molar-refractivity contribution in [2.45, 2.75) is 16.6 Å². The summed E-state index contributed by atoms with van der Waals surface area (Å²) in [6, 6.07) is 26.7. The highest BCUT2D eigenvalue weighted by atomic mass is 127. The zero-order valence-electron chi connectivity index (χ0n) is 20.9. The van der Waals surface area contributed by atoms with E-state index in [0.29, 0.717) is 16.9 Å². The largest absolute Gasteiger partial charge is 0.321 e. The molecule has 1 aliphatic heterocycles. The number of thioether (sulfide) groups is 1. The SMILES string of the molecule is O=C(Nc1cccc(SC2CC(=O)N(c3ccc(I)cc3)C2=O)c1)/C(=C/c1cccs1)NC(=O)c1ccccc1. The fraction of sp³-hybridized carbons (Fsp3) is 0.0667. The highest BCUT2D eigenvalue weighted by Gasteiger charge is 2.40. The fourth-order valence-corrected chi connectivity index (χ4v) is 6.16. The average Bonchev–Trinajstić information content (AvgIpc) is 3.56. The van der Waals surface area contributed by atoms with Gasteiger partial charge in [0, 0.05) is 31.0 Å². The number of rotatable bonds is 8. The van der Waals surface area contributed by atoms with Gasteiger partial charge in [-0.2, -0.15) is 0 Å². The summed E-state index contributed by atoms with van der Waals surface area (Å²) in [5, 5.41) is 6.88. The number of halogens is 1. The molecule has 5 rings (SSSR count). The van der Waals surface area contributed by atoms with Crippen LogP contribution in [0.5, 0.6) is 0 Å². The molecule has 4 aromatic rings. The molecule has 0 spiro atoms. The van der Waals surface area contributed by atoms with Crippen molar-refractivity contribution in [3.63, 3.8) is 0 Å². The third-order valence-electron chi connectivity index (χ3n) is 5.92. The van der Waals surface area contributed by atoms with Crippen molar-refractivity contribution in [3.8, 4) is 0 Å². The summed E-state index contributed by atoms with van der Waals surface area (Å²) in [5.74, 6) is -1.40. The summed E-state index contributed by atoms with van der Waals surface area (Å²) >= 11 is 4.89. The van der Waals surface area contributed by atoms with E-state index in [9.17, 15) is 19.2 Å². The molecule has 0 saturated carbocycles. The maximum absolute atomic E-state index is 13.3.